The fourth-order valence-corrected chi connectivity index (χ4v) is 6.44. The predicted octanol–water partition coefficient (Wildman–Crippen LogP) is 7.26. The maximum Gasteiger partial charge on any atom is 0.291 e. The highest BCUT2D eigenvalue weighted by atomic mass is 32.1. The Hall–Kier alpha value is -3.35. The number of aryl methyl sites for hydroxylation is 1. The average molecular weight is 515 g/mol. The Kier molecular flexibility index (Phi) is 7.77. The molecule has 1 saturated heterocycles. The van der Waals surface area contributed by atoms with Gasteiger partial charge >= 0.3 is 0 Å². The first-order valence-corrected chi connectivity index (χ1v) is 13.7. The van der Waals surface area contributed by atoms with E-state index >= 15 is 0 Å². The molecule has 2 aromatic carbocycles. The molecule has 0 aliphatic carbocycles. The van der Waals surface area contributed by atoms with E-state index < -0.39 is 0 Å². The Labute approximate surface area is 223 Å². The second kappa shape index (κ2) is 11.4. The number of hydrogen-bond donors (Lipinski definition) is 1. The summed E-state index contributed by atoms with van der Waals surface area (Å²) in [5.74, 6) is 1.62. The second-order valence-corrected chi connectivity index (χ2v) is 11.0. The third kappa shape index (κ3) is 5.65. The Morgan fingerprint density at radius 1 is 1.05 bits per heavy atom. The van der Waals surface area contributed by atoms with Crippen LogP contribution in [0.1, 0.15) is 56.6 Å². The Bertz CT molecular complexity index is 1300. The Morgan fingerprint density at radius 3 is 2.43 bits per heavy atom. The minimum Gasteiger partial charge on any atom is -0.497 e. The predicted molar refractivity (Wildman–Crippen MR) is 150 cm³/mol. The van der Waals surface area contributed by atoms with E-state index in [1.165, 1.54) is 33.4 Å². The summed E-state index contributed by atoms with van der Waals surface area (Å²) in [6.07, 6.45) is 4.96. The lowest BCUT2D eigenvalue weighted by molar-refractivity contribution is 0.0996. The molecular weight excluding hydrogens is 480 g/mol. The number of benzene rings is 2. The van der Waals surface area contributed by atoms with Crippen LogP contribution in [-0.4, -0.2) is 31.0 Å². The number of nitrogens with zero attached hydrogens (tertiary/aromatic N) is 1. The quantitative estimate of drug-likeness (QED) is 0.269. The van der Waals surface area contributed by atoms with Crippen molar-refractivity contribution in [3.63, 3.8) is 0 Å². The topological polar surface area (TPSA) is 54.7 Å². The van der Waals surface area contributed by atoms with Crippen molar-refractivity contribution in [2.24, 2.45) is 5.92 Å². The average Bonchev–Trinajstić information content (AvgIpc) is 3.56. The van der Waals surface area contributed by atoms with Gasteiger partial charge in [-0.15, -0.1) is 11.3 Å². The van der Waals surface area contributed by atoms with Crippen LogP contribution in [0.15, 0.2) is 77.4 Å². The zero-order valence-corrected chi connectivity index (χ0v) is 22.5. The molecule has 1 N–H and O–H groups in total. The first-order valence-electron chi connectivity index (χ1n) is 12.9. The monoisotopic (exact) mass is 514 g/mol. The number of methoxy groups -OCH3 is 1. The molecule has 2 aromatic heterocycles. The maximum absolute atomic E-state index is 13.0. The highest BCUT2D eigenvalue weighted by Crippen LogP contribution is 2.44. The summed E-state index contributed by atoms with van der Waals surface area (Å²) in [7, 11) is 1.69. The fourth-order valence-electron chi connectivity index (χ4n) is 5.35. The van der Waals surface area contributed by atoms with Gasteiger partial charge in [-0.3, -0.25) is 9.69 Å². The first-order chi connectivity index (χ1) is 18.0. The first kappa shape index (κ1) is 25.3. The van der Waals surface area contributed by atoms with Crippen LogP contribution in [0.4, 0.5) is 5.00 Å². The molecule has 4 aromatic rings. The van der Waals surface area contributed by atoms with Gasteiger partial charge in [-0.2, -0.15) is 0 Å². The molecule has 0 spiro atoms. The van der Waals surface area contributed by atoms with Crippen LogP contribution in [0.25, 0.3) is 0 Å². The second-order valence-electron chi connectivity index (χ2n) is 9.80. The summed E-state index contributed by atoms with van der Waals surface area (Å²) in [4.78, 5) is 16.7. The molecule has 1 fully saturated rings. The molecule has 1 aliphatic rings. The van der Waals surface area contributed by atoms with Gasteiger partial charge in [0.2, 0.25) is 0 Å². The number of carbonyl (C=O) groups excluding carboxylic acids is 1. The molecule has 6 heteroatoms. The van der Waals surface area contributed by atoms with Crippen LogP contribution in [-0.2, 0) is 6.42 Å². The van der Waals surface area contributed by atoms with E-state index in [1.54, 1.807) is 30.6 Å². The SMILES string of the molecule is COc1ccc(C(c2c(NC(=O)c3ccco3)sc(C)c2C)N2CCC(Cc3ccccc3)CC2)cc1. The molecule has 1 amide bonds. The maximum atomic E-state index is 13.0. The van der Waals surface area contributed by atoms with Crippen LogP contribution < -0.4 is 10.1 Å². The standard InChI is InChI=1S/C31H34N2O3S/c1-21-22(2)37-31(32-30(34)27-10-7-19-36-27)28(21)29(25-11-13-26(35-3)14-12-25)33-17-15-24(16-18-33)20-23-8-5-4-6-9-23/h4-14,19,24,29H,15-18,20H2,1-3H3,(H,32,34). The number of rotatable bonds is 8. The third-order valence-corrected chi connectivity index (χ3v) is 8.63. The van der Waals surface area contributed by atoms with Crippen molar-refractivity contribution in [2.45, 2.75) is 39.2 Å². The van der Waals surface area contributed by atoms with E-state index in [9.17, 15) is 4.79 Å². The molecule has 5 rings (SSSR count). The number of nitrogens with one attached hydrogen (secondary N) is 1. The number of carbonyl (C=O) groups is 1. The normalized spacial score (nSPS) is 15.4. The van der Waals surface area contributed by atoms with E-state index in [-0.39, 0.29) is 11.9 Å². The van der Waals surface area contributed by atoms with Crippen LogP contribution >= 0.6 is 11.3 Å². The summed E-state index contributed by atoms with van der Waals surface area (Å²) < 4.78 is 10.8. The van der Waals surface area contributed by atoms with Gasteiger partial charge in [-0.05, 0) is 93.1 Å². The van der Waals surface area contributed by atoms with Crippen LogP contribution in [0.3, 0.4) is 0 Å². The minimum absolute atomic E-state index is 0.0421. The van der Waals surface area contributed by atoms with E-state index in [2.05, 4.69) is 66.5 Å². The van der Waals surface area contributed by atoms with E-state index in [1.807, 2.05) is 12.1 Å². The van der Waals surface area contributed by atoms with Crippen LogP contribution in [0.2, 0.25) is 0 Å². The van der Waals surface area contributed by atoms with Gasteiger partial charge in [0, 0.05) is 10.4 Å². The molecule has 5 nitrogen and oxygen atoms in total. The number of hydrogen-bond acceptors (Lipinski definition) is 5. The smallest absolute Gasteiger partial charge is 0.291 e. The van der Waals surface area contributed by atoms with Gasteiger partial charge in [-0.25, -0.2) is 0 Å². The Morgan fingerprint density at radius 2 is 1.78 bits per heavy atom. The van der Waals surface area contributed by atoms with Crippen molar-refractivity contribution < 1.29 is 13.9 Å². The van der Waals surface area contributed by atoms with Crippen molar-refractivity contribution in [2.75, 3.05) is 25.5 Å². The number of piperidine rings is 1. The lowest BCUT2D eigenvalue weighted by Crippen LogP contribution is -2.38. The number of likely N-dealkylation sites (tertiary alicyclic amines) is 1. The molecule has 3 heterocycles. The summed E-state index contributed by atoms with van der Waals surface area (Å²) in [6, 6.07) is 22.7. The highest BCUT2D eigenvalue weighted by molar-refractivity contribution is 7.16. The number of ether oxygens (including phenoxy) is 1. The Balaban J connectivity index is 1.44. The molecule has 1 aliphatic heterocycles. The van der Waals surface area contributed by atoms with E-state index in [0.717, 1.165) is 43.1 Å². The van der Waals surface area contributed by atoms with E-state index in [4.69, 9.17) is 9.15 Å². The fraction of sp³-hybridized carbons (Fsp3) is 0.323. The lowest BCUT2D eigenvalue weighted by Gasteiger charge is -2.38. The zero-order valence-electron chi connectivity index (χ0n) is 21.7. The lowest BCUT2D eigenvalue weighted by atomic mass is 9.87. The molecule has 1 unspecified atom stereocenters. The summed E-state index contributed by atoms with van der Waals surface area (Å²) >= 11 is 1.64. The van der Waals surface area contributed by atoms with Crippen molar-refractivity contribution in [3.05, 3.63) is 106 Å². The third-order valence-electron chi connectivity index (χ3n) is 7.49. The van der Waals surface area contributed by atoms with Crippen molar-refractivity contribution >= 4 is 22.2 Å². The molecule has 192 valence electrons. The molecule has 0 radical (unpaired) electrons. The minimum atomic E-state index is -0.220. The van der Waals surface area contributed by atoms with Gasteiger partial charge in [0.05, 0.1) is 19.4 Å². The number of anilines is 1. The van der Waals surface area contributed by atoms with Crippen LogP contribution in [0, 0.1) is 19.8 Å². The molecular formula is C31H34N2O3S. The van der Waals surface area contributed by atoms with Crippen molar-refractivity contribution in [1.29, 1.82) is 0 Å². The van der Waals surface area contributed by atoms with Crippen molar-refractivity contribution in [3.8, 4) is 5.75 Å². The summed E-state index contributed by atoms with van der Waals surface area (Å²) in [6.45, 7) is 6.31. The molecule has 0 bridgehead atoms. The van der Waals surface area contributed by atoms with Gasteiger partial charge in [0.15, 0.2) is 5.76 Å². The molecule has 1 atom stereocenters. The molecule has 37 heavy (non-hydrogen) atoms. The number of thiophene rings is 1. The number of amides is 1. The highest BCUT2D eigenvalue weighted by Gasteiger charge is 2.32. The van der Waals surface area contributed by atoms with Crippen LogP contribution in [0.5, 0.6) is 5.75 Å². The van der Waals surface area contributed by atoms with Gasteiger partial charge in [0.25, 0.3) is 5.91 Å². The number of furan rings is 1. The zero-order chi connectivity index (χ0) is 25.8. The van der Waals surface area contributed by atoms with Gasteiger partial charge < -0.3 is 14.5 Å². The van der Waals surface area contributed by atoms with Gasteiger partial charge in [0.1, 0.15) is 10.8 Å². The summed E-state index contributed by atoms with van der Waals surface area (Å²) in [5, 5.41) is 4.05. The van der Waals surface area contributed by atoms with Crippen molar-refractivity contribution in [1.82, 2.24) is 4.90 Å². The largest absolute Gasteiger partial charge is 0.497 e. The van der Waals surface area contributed by atoms with E-state index in [0.29, 0.717) is 11.7 Å². The van der Waals surface area contributed by atoms with Gasteiger partial charge in [-0.1, -0.05) is 42.5 Å². The molecule has 0 saturated carbocycles. The summed E-state index contributed by atoms with van der Waals surface area (Å²) in [5.41, 5.74) is 5.03.